The number of urea groups is 1. The number of alkyl halides is 1. The van der Waals surface area contributed by atoms with Crippen molar-refractivity contribution in [1.29, 1.82) is 0 Å². The Balaban J connectivity index is 1.59. The molecule has 2 amide bonds. The van der Waals surface area contributed by atoms with Crippen LogP contribution in [0.4, 0.5) is 22.4 Å². The van der Waals surface area contributed by atoms with E-state index in [1.54, 1.807) is 21.7 Å². The van der Waals surface area contributed by atoms with E-state index in [1.165, 1.54) is 12.1 Å². The van der Waals surface area contributed by atoms with E-state index in [9.17, 15) is 22.4 Å². The van der Waals surface area contributed by atoms with E-state index in [1.807, 2.05) is 34.6 Å². The summed E-state index contributed by atoms with van der Waals surface area (Å²) in [5.41, 5.74) is -0.0677. The molecule has 44 heavy (non-hydrogen) atoms. The number of benzene rings is 2. The summed E-state index contributed by atoms with van der Waals surface area (Å²) in [6.07, 6.45) is -1.76. The van der Waals surface area contributed by atoms with Crippen molar-refractivity contribution in [2.24, 2.45) is 11.3 Å². The second kappa shape index (κ2) is 12.8. The highest BCUT2D eigenvalue weighted by atomic mass is 19.1. The van der Waals surface area contributed by atoms with Crippen molar-refractivity contribution in [3.8, 4) is 11.4 Å². The highest BCUT2D eigenvalue weighted by Crippen LogP contribution is 2.43. The van der Waals surface area contributed by atoms with Crippen molar-refractivity contribution in [1.82, 2.24) is 30.3 Å². The lowest BCUT2D eigenvalue weighted by molar-refractivity contribution is -0.105. The van der Waals surface area contributed by atoms with Crippen LogP contribution < -0.4 is 10.6 Å². The van der Waals surface area contributed by atoms with Crippen molar-refractivity contribution in [2.45, 2.75) is 71.5 Å². The summed E-state index contributed by atoms with van der Waals surface area (Å²) in [7, 11) is 0. The fourth-order valence-corrected chi connectivity index (χ4v) is 6.38. The number of morpholine rings is 1. The van der Waals surface area contributed by atoms with Crippen LogP contribution in [0.5, 0.6) is 0 Å². The Morgan fingerprint density at radius 2 is 1.86 bits per heavy atom. The number of aromatic nitrogens is 3. The molecule has 2 N–H and O–H groups in total. The SMILES string of the molecule is CC1CN(C(=O)NC[C@@H]2CNC[C@@H]2F)C([C@H](c2nc(-c3cc(F)ccc3F)nn2Cc2cccc(F)c2)C(C)(C)C)C(C)O1. The van der Waals surface area contributed by atoms with Crippen LogP contribution in [0.2, 0.25) is 0 Å². The molecule has 0 bridgehead atoms. The van der Waals surface area contributed by atoms with Crippen LogP contribution in [0.15, 0.2) is 42.5 Å². The van der Waals surface area contributed by atoms with E-state index in [4.69, 9.17) is 9.72 Å². The molecule has 1 aromatic heterocycles. The van der Waals surface area contributed by atoms with E-state index in [0.717, 1.165) is 18.2 Å². The normalized spacial score (nSPS) is 24.8. The van der Waals surface area contributed by atoms with Gasteiger partial charge in [0.2, 0.25) is 0 Å². The number of carbonyl (C=O) groups excluding carboxylic acids is 1. The largest absolute Gasteiger partial charge is 0.372 e. The van der Waals surface area contributed by atoms with Crippen LogP contribution in [-0.2, 0) is 11.3 Å². The Kier molecular flexibility index (Phi) is 9.31. The Bertz CT molecular complexity index is 1480. The fraction of sp³-hybridized carbons (Fsp3) is 0.531. The molecule has 5 rings (SSSR count). The third-order valence-corrected chi connectivity index (χ3v) is 8.42. The monoisotopic (exact) mass is 616 g/mol. The zero-order chi connectivity index (χ0) is 31.8. The maximum absolute atomic E-state index is 15.0. The van der Waals surface area contributed by atoms with E-state index in [0.29, 0.717) is 17.9 Å². The Hall–Kier alpha value is -3.51. The smallest absolute Gasteiger partial charge is 0.317 e. The molecule has 0 radical (unpaired) electrons. The first-order chi connectivity index (χ1) is 20.8. The molecular formula is C32H40F4N6O2. The molecule has 0 spiro atoms. The van der Waals surface area contributed by atoms with Gasteiger partial charge in [-0.2, -0.15) is 5.10 Å². The Morgan fingerprint density at radius 1 is 1.11 bits per heavy atom. The van der Waals surface area contributed by atoms with E-state index in [2.05, 4.69) is 15.7 Å². The van der Waals surface area contributed by atoms with Gasteiger partial charge in [0.1, 0.15) is 29.4 Å². The van der Waals surface area contributed by atoms with Gasteiger partial charge in [-0.25, -0.2) is 32.0 Å². The number of hydrogen-bond donors (Lipinski definition) is 2. The number of carbonyl (C=O) groups is 1. The molecule has 2 aliphatic heterocycles. The third-order valence-electron chi connectivity index (χ3n) is 8.42. The minimum absolute atomic E-state index is 0.0286. The number of rotatable bonds is 7. The predicted molar refractivity (Wildman–Crippen MR) is 158 cm³/mol. The van der Waals surface area contributed by atoms with Crippen LogP contribution in [0, 0.1) is 28.8 Å². The van der Waals surface area contributed by atoms with Crippen molar-refractivity contribution in [3.63, 3.8) is 0 Å². The molecule has 2 aromatic carbocycles. The minimum atomic E-state index is -1.04. The average molecular weight is 617 g/mol. The van der Waals surface area contributed by atoms with Gasteiger partial charge in [-0.1, -0.05) is 32.9 Å². The summed E-state index contributed by atoms with van der Waals surface area (Å²) in [6, 6.07) is 8.21. The van der Waals surface area contributed by atoms with E-state index >= 15 is 0 Å². The predicted octanol–water partition coefficient (Wildman–Crippen LogP) is 5.29. The van der Waals surface area contributed by atoms with Crippen molar-refractivity contribution < 1.29 is 27.1 Å². The average Bonchev–Trinajstić information content (AvgIpc) is 3.54. The molecule has 8 nitrogen and oxygen atoms in total. The molecule has 3 unspecified atom stereocenters. The van der Waals surface area contributed by atoms with Crippen LogP contribution in [0.3, 0.4) is 0 Å². The lowest BCUT2D eigenvalue weighted by atomic mass is 9.73. The molecule has 2 fully saturated rings. The summed E-state index contributed by atoms with van der Waals surface area (Å²) >= 11 is 0. The molecule has 238 valence electrons. The zero-order valence-electron chi connectivity index (χ0n) is 25.7. The summed E-state index contributed by atoms with van der Waals surface area (Å²) in [5, 5.41) is 10.6. The first kappa shape index (κ1) is 31.9. The van der Waals surface area contributed by atoms with Gasteiger partial charge in [-0.15, -0.1) is 0 Å². The van der Waals surface area contributed by atoms with Gasteiger partial charge in [-0.05, 0) is 55.2 Å². The van der Waals surface area contributed by atoms with Crippen LogP contribution in [0.25, 0.3) is 11.4 Å². The number of amides is 2. The number of hydrogen-bond acceptors (Lipinski definition) is 5. The van der Waals surface area contributed by atoms with Crippen molar-refractivity contribution in [2.75, 3.05) is 26.2 Å². The quantitative estimate of drug-likeness (QED) is 0.353. The minimum Gasteiger partial charge on any atom is -0.372 e. The van der Waals surface area contributed by atoms with E-state index in [-0.39, 0.29) is 55.6 Å². The molecular weight excluding hydrogens is 576 g/mol. The summed E-state index contributed by atoms with van der Waals surface area (Å²) in [5.74, 6) is -2.22. The molecule has 2 saturated heterocycles. The van der Waals surface area contributed by atoms with Gasteiger partial charge in [0, 0.05) is 38.0 Å². The molecule has 0 aliphatic carbocycles. The summed E-state index contributed by atoms with van der Waals surface area (Å²) in [6.45, 7) is 11.1. The van der Waals surface area contributed by atoms with Crippen LogP contribution in [0.1, 0.15) is 51.9 Å². The lowest BCUT2D eigenvalue weighted by Gasteiger charge is -2.49. The Morgan fingerprint density at radius 3 is 2.55 bits per heavy atom. The highest BCUT2D eigenvalue weighted by Gasteiger charge is 2.48. The number of nitrogens with zero attached hydrogens (tertiary/aromatic N) is 4. The van der Waals surface area contributed by atoms with Gasteiger partial charge in [0.25, 0.3) is 0 Å². The second-order valence-corrected chi connectivity index (χ2v) is 13.0. The molecule has 0 saturated carbocycles. The molecule has 2 aliphatic rings. The third kappa shape index (κ3) is 6.91. The standard InChI is InChI=1S/C32H40F4N6O2/c1-18-16-41(31(43)38-14-21-13-37-15-26(21)36)28(19(2)44-18)27(32(3,4)5)30-39-29(24-12-23(34)9-10-25(24)35)40-42(30)17-20-7-6-8-22(33)11-20/h6-12,18-19,21,26-28,37H,13-17H2,1-5H3,(H,38,43)/t18?,19?,21-,26-,27+,28?/m0/s1. The maximum atomic E-state index is 15.0. The van der Waals surface area contributed by atoms with Gasteiger partial charge >= 0.3 is 6.03 Å². The first-order valence-electron chi connectivity index (χ1n) is 15.0. The maximum Gasteiger partial charge on any atom is 0.317 e. The molecule has 3 heterocycles. The van der Waals surface area contributed by atoms with Gasteiger partial charge in [0.05, 0.1) is 30.4 Å². The van der Waals surface area contributed by atoms with Gasteiger partial charge < -0.3 is 20.3 Å². The summed E-state index contributed by atoms with van der Waals surface area (Å²) < 4.78 is 65.5. The molecule has 6 atom stereocenters. The van der Waals surface area contributed by atoms with Gasteiger partial charge in [0.15, 0.2) is 5.82 Å². The Labute approximate surface area is 255 Å². The number of halogens is 4. The topological polar surface area (TPSA) is 84.3 Å². The first-order valence-corrected chi connectivity index (χ1v) is 15.0. The fourth-order valence-electron chi connectivity index (χ4n) is 6.38. The van der Waals surface area contributed by atoms with Gasteiger partial charge in [-0.3, -0.25) is 0 Å². The molecule has 12 heteroatoms. The molecule has 3 aromatic rings. The van der Waals surface area contributed by atoms with E-state index < -0.39 is 47.1 Å². The number of ether oxygens (including phenoxy) is 1. The van der Waals surface area contributed by atoms with Crippen molar-refractivity contribution >= 4 is 6.03 Å². The van der Waals surface area contributed by atoms with Crippen LogP contribution >= 0.6 is 0 Å². The number of nitrogens with one attached hydrogen (secondary N) is 2. The lowest BCUT2D eigenvalue weighted by Crippen LogP contribution is -2.62. The zero-order valence-corrected chi connectivity index (χ0v) is 25.7. The van der Waals surface area contributed by atoms with Crippen LogP contribution in [-0.4, -0.2) is 76.3 Å². The summed E-state index contributed by atoms with van der Waals surface area (Å²) in [4.78, 5) is 20.3. The second-order valence-electron chi connectivity index (χ2n) is 13.0. The highest BCUT2D eigenvalue weighted by molar-refractivity contribution is 5.75. The van der Waals surface area contributed by atoms with Crippen molar-refractivity contribution in [3.05, 3.63) is 71.3 Å².